The lowest BCUT2D eigenvalue weighted by Gasteiger charge is -2.19. The summed E-state index contributed by atoms with van der Waals surface area (Å²) in [6, 6.07) is 5.62. The van der Waals surface area contributed by atoms with Gasteiger partial charge in [0.1, 0.15) is 28.1 Å². The quantitative estimate of drug-likeness (QED) is 0.786. The lowest BCUT2D eigenvalue weighted by Crippen LogP contribution is -2.38. The topological polar surface area (TPSA) is 88.5 Å². The normalized spacial score (nSPS) is 11.2. The maximum atomic E-state index is 12.9. The molecule has 0 saturated carbocycles. The molecule has 2 N–H and O–H groups in total. The summed E-state index contributed by atoms with van der Waals surface area (Å²) in [4.78, 5) is 28.0. The smallest absolute Gasteiger partial charge is 0.310 e. The molecule has 8 heteroatoms. The summed E-state index contributed by atoms with van der Waals surface area (Å²) in [6.45, 7) is 4.95. The van der Waals surface area contributed by atoms with Crippen molar-refractivity contribution in [2.75, 3.05) is 6.54 Å². The molecule has 0 aliphatic carbocycles. The number of thiazole rings is 1. The molecule has 1 aromatic carbocycles. The Hall–Kier alpha value is -2.48. The van der Waals surface area contributed by atoms with Gasteiger partial charge in [0.05, 0.1) is 11.1 Å². The lowest BCUT2D eigenvalue weighted by atomic mass is 9.94. The predicted octanol–water partition coefficient (Wildman–Crippen LogP) is 3.01. The van der Waals surface area contributed by atoms with Crippen LogP contribution in [0.4, 0.5) is 4.39 Å². The molecule has 2 rings (SSSR count). The zero-order chi connectivity index (χ0) is 18.6. The van der Waals surface area contributed by atoms with E-state index >= 15 is 0 Å². The first-order valence-electron chi connectivity index (χ1n) is 7.55. The average molecular weight is 366 g/mol. The van der Waals surface area contributed by atoms with E-state index in [1.54, 1.807) is 6.92 Å². The fourth-order valence-corrected chi connectivity index (χ4v) is 2.75. The average Bonchev–Trinajstić information content (AvgIpc) is 2.93. The number of aliphatic carboxylic acids is 1. The number of aromatic nitrogens is 1. The van der Waals surface area contributed by atoms with Crippen molar-refractivity contribution < 1.29 is 23.8 Å². The number of rotatable bonds is 7. The van der Waals surface area contributed by atoms with Crippen molar-refractivity contribution in [2.45, 2.75) is 27.4 Å². The van der Waals surface area contributed by atoms with Gasteiger partial charge < -0.3 is 15.2 Å². The third kappa shape index (κ3) is 4.99. The van der Waals surface area contributed by atoms with E-state index < -0.39 is 11.4 Å². The number of ether oxygens (including phenoxy) is 1. The van der Waals surface area contributed by atoms with Crippen LogP contribution in [0.2, 0.25) is 0 Å². The molecule has 1 aromatic heterocycles. The van der Waals surface area contributed by atoms with Crippen LogP contribution in [0.25, 0.3) is 0 Å². The third-order valence-electron chi connectivity index (χ3n) is 3.49. The number of carbonyl (C=O) groups excluding carboxylic acids is 1. The minimum Gasteiger partial charge on any atom is -0.486 e. The second kappa shape index (κ2) is 7.60. The molecule has 0 spiro atoms. The number of nitrogens with zero attached hydrogens (tertiary/aromatic N) is 1. The number of carboxylic acids is 1. The number of hydrogen-bond donors (Lipinski definition) is 2. The fraction of sp³-hybridized carbons (Fsp3) is 0.353. The Morgan fingerprint density at radius 2 is 1.96 bits per heavy atom. The second-order valence-corrected chi connectivity index (χ2v) is 7.22. The first kappa shape index (κ1) is 18.9. The standard InChI is InChI=1S/C17H19FN2O4S/c1-10-14(15(21)19-9-17(2,3)16(22)23)25-13(20-10)8-24-12-6-4-11(18)5-7-12/h4-7H,8-9H2,1-3H3,(H,19,21)(H,22,23). The van der Waals surface area contributed by atoms with E-state index in [4.69, 9.17) is 9.84 Å². The summed E-state index contributed by atoms with van der Waals surface area (Å²) in [5.41, 5.74) is -0.503. The van der Waals surface area contributed by atoms with Gasteiger partial charge in [-0.25, -0.2) is 9.37 Å². The highest BCUT2D eigenvalue weighted by molar-refractivity contribution is 7.13. The van der Waals surface area contributed by atoms with Gasteiger partial charge in [0.15, 0.2) is 0 Å². The van der Waals surface area contributed by atoms with Crippen molar-refractivity contribution in [3.63, 3.8) is 0 Å². The van der Waals surface area contributed by atoms with Gasteiger partial charge in [-0.15, -0.1) is 11.3 Å². The Labute approximate surface area is 148 Å². The molecule has 0 aliphatic heterocycles. The maximum Gasteiger partial charge on any atom is 0.310 e. The molecule has 0 radical (unpaired) electrons. The molecule has 0 aliphatic rings. The third-order valence-corrected chi connectivity index (χ3v) is 4.62. The molecule has 0 bridgehead atoms. The zero-order valence-corrected chi connectivity index (χ0v) is 14.9. The molecule has 1 heterocycles. The van der Waals surface area contributed by atoms with Gasteiger partial charge in [-0.05, 0) is 45.0 Å². The molecule has 0 saturated heterocycles. The summed E-state index contributed by atoms with van der Waals surface area (Å²) >= 11 is 1.18. The maximum absolute atomic E-state index is 12.9. The monoisotopic (exact) mass is 366 g/mol. The van der Waals surface area contributed by atoms with Gasteiger partial charge in [0.25, 0.3) is 5.91 Å². The number of aryl methyl sites for hydroxylation is 1. The number of carboxylic acid groups (broad SMARTS) is 1. The van der Waals surface area contributed by atoms with Gasteiger partial charge in [0, 0.05) is 6.54 Å². The highest BCUT2D eigenvalue weighted by Crippen LogP contribution is 2.21. The Bertz CT molecular complexity index is 771. The number of nitrogens with one attached hydrogen (secondary N) is 1. The van der Waals surface area contributed by atoms with Crippen molar-refractivity contribution >= 4 is 23.2 Å². The molecule has 0 atom stereocenters. The van der Waals surface area contributed by atoms with Crippen LogP contribution in [-0.2, 0) is 11.4 Å². The van der Waals surface area contributed by atoms with Crippen molar-refractivity contribution in [3.05, 3.63) is 45.7 Å². The van der Waals surface area contributed by atoms with Crippen LogP contribution < -0.4 is 10.1 Å². The van der Waals surface area contributed by atoms with Gasteiger partial charge >= 0.3 is 5.97 Å². The van der Waals surface area contributed by atoms with Crippen LogP contribution in [0.3, 0.4) is 0 Å². The first-order valence-corrected chi connectivity index (χ1v) is 8.37. The summed E-state index contributed by atoms with van der Waals surface area (Å²) in [6.07, 6.45) is 0. The van der Waals surface area contributed by atoms with Crippen LogP contribution in [-0.4, -0.2) is 28.5 Å². The summed E-state index contributed by atoms with van der Waals surface area (Å²) in [7, 11) is 0. The molecule has 1 amide bonds. The Kier molecular flexibility index (Phi) is 5.73. The molecular formula is C17H19FN2O4S. The molecule has 134 valence electrons. The summed E-state index contributed by atoms with van der Waals surface area (Å²) < 4.78 is 18.4. The molecule has 6 nitrogen and oxygen atoms in total. The van der Waals surface area contributed by atoms with Crippen molar-refractivity contribution in [2.24, 2.45) is 5.41 Å². The summed E-state index contributed by atoms with van der Waals surface area (Å²) in [5.74, 6) is -1.19. The van der Waals surface area contributed by atoms with E-state index in [2.05, 4.69) is 10.3 Å². The number of benzene rings is 1. The Morgan fingerprint density at radius 1 is 1.32 bits per heavy atom. The number of hydrogen-bond acceptors (Lipinski definition) is 5. The Morgan fingerprint density at radius 3 is 2.56 bits per heavy atom. The van der Waals surface area contributed by atoms with Gasteiger partial charge in [-0.3, -0.25) is 9.59 Å². The number of carbonyl (C=O) groups is 2. The van der Waals surface area contributed by atoms with Crippen LogP contribution in [0.5, 0.6) is 5.75 Å². The highest BCUT2D eigenvalue weighted by Gasteiger charge is 2.28. The molecule has 0 fully saturated rings. The molecular weight excluding hydrogens is 347 g/mol. The van der Waals surface area contributed by atoms with Crippen LogP contribution in [0.15, 0.2) is 24.3 Å². The Balaban J connectivity index is 1.97. The van der Waals surface area contributed by atoms with E-state index in [0.717, 1.165) is 0 Å². The minimum atomic E-state index is -1.05. The van der Waals surface area contributed by atoms with Crippen molar-refractivity contribution in [1.82, 2.24) is 10.3 Å². The van der Waals surface area contributed by atoms with Gasteiger partial charge in [-0.1, -0.05) is 0 Å². The van der Waals surface area contributed by atoms with E-state index in [9.17, 15) is 14.0 Å². The van der Waals surface area contributed by atoms with E-state index in [1.807, 2.05) is 0 Å². The van der Waals surface area contributed by atoms with Crippen molar-refractivity contribution in [1.29, 1.82) is 0 Å². The summed E-state index contributed by atoms with van der Waals surface area (Å²) in [5, 5.41) is 12.3. The highest BCUT2D eigenvalue weighted by atomic mass is 32.1. The molecule has 25 heavy (non-hydrogen) atoms. The second-order valence-electron chi connectivity index (χ2n) is 6.14. The zero-order valence-electron chi connectivity index (χ0n) is 14.1. The first-order chi connectivity index (χ1) is 11.7. The minimum absolute atomic E-state index is 0.0138. The number of amides is 1. The van der Waals surface area contributed by atoms with E-state index in [-0.39, 0.29) is 24.9 Å². The predicted molar refractivity (Wildman–Crippen MR) is 91.3 cm³/mol. The van der Waals surface area contributed by atoms with Gasteiger partial charge in [-0.2, -0.15) is 0 Å². The van der Waals surface area contributed by atoms with E-state index in [0.29, 0.717) is 21.3 Å². The van der Waals surface area contributed by atoms with Crippen LogP contribution >= 0.6 is 11.3 Å². The molecule has 2 aromatic rings. The SMILES string of the molecule is Cc1nc(COc2ccc(F)cc2)sc1C(=O)NCC(C)(C)C(=O)O. The van der Waals surface area contributed by atoms with Crippen LogP contribution in [0.1, 0.15) is 34.2 Å². The lowest BCUT2D eigenvalue weighted by molar-refractivity contribution is -0.146. The number of halogens is 1. The fourth-order valence-electron chi connectivity index (χ4n) is 1.86. The molecule has 0 unspecified atom stereocenters. The largest absolute Gasteiger partial charge is 0.486 e. The van der Waals surface area contributed by atoms with Crippen LogP contribution in [0, 0.1) is 18.2 Å². The van der Waals surface area contributed by atoms with E-state index in [1.165, 1.54) is 49.4 Å². The van der Waals surface area contributed by atoms with Crippen molar-refractivity contribution in [3.8, 4) is 5.75 Å². The van der Waals surface area contributed by atoms with Gasteiger partial charge in [0.2, 0.25) is 0 Å².